The summed E-state index contributed by atoms with van der Waals surface area (Å²) in [6.45, 7) is 0. The van der Waals surface area contributed by atoms with Gasteiger partial charge in [-0.25, -0.2) is 0 Å². The highest BCUT2D eigenvalue weighted by molar-refractivity contribution is 6.12. The number of anilines is 3. The Bertz CT molecular complexity index is 2940. The molecule has 0 unspecified atom stereocenters. The van der Waals surface area contributed by atoms with E-state index >= 15 is 0 Å². The minimum Gasteiger partial charge on any atom is -0.456 e. The lowest BCUT2D eigenvalue weighted by Crippen LogP contribution is -2.31. The van der Waals surface area contributed by atoms with Gasteiger partial charge in [-0.1, -0.05) is 165 Å². The quantitative estimate of drug-likeness (QED) is 0.176. The van der Waals surface area contributed by atoms with E-state index in [2.05, 4.69) is 193 Å². The third-order valence-electron chi connectivity index (χ3n) is 13.3. The first-order chi connectivity index (χ1) is 27.8. The lowest BCUT2D eigenvalue weighted by Gasteiger charge is -2.39. The van der Waals surface area contributed by atoms with Gasteiger partial charge in [0.25, 0.3) is 0 Å². The van der Waals surface area contributed by atoms with Crippen molar-refractivity contribution in [1.82, 2.24) is 0 Å². The first-order valence-electron chi connectivity index (χ1n) is 20.1. The van der Waals surface area contributed by atoms with Crippen molar-refractivity contribution < 1.29 is 4.42 Å². The number of rotatable bonds is 5. The maximum Gasteiger partial charge on any atom is 0.135 e. The number of nitrogens with zero attached hydrogens (tertiary/aromatic N) is 1. The highest BCUT2D eigenvalue weighted by Gasteiger charge is 2.50. The van der Waals surface area contributed by atoms with Gasteiger partial charge in [0.2, 0.25) is 0 Å². The molecule has 0 radical (unpaired) electrons. The van der Waals surface area contributed by atoms with E-state index in [0.29, 0.717) is 0 Å². The van der Waals surface area contributed by atoms with Gasteiger partial charge >= 0.3 is 0 Å². The van der Waals surface area contributed by atoms with Crippen molar-refractivity contribution in [2.75, 3.05) is 4.90 Å². The van der Waals surface area contributed by atoms with Crippen molar-refractivity contribution in [2.24, 2.45) is 0 Å². The maximum absolute atomic E-state index is 6.82. The third kappa shape index (κ3) is 4.11. The van der Waals surface area contributed by atoms with Crippen LogP contribution in [-0.4, -0.2) is 0 Å². The number of furan rings is 1. The summed E-state index contributed by atoms with van der Waals surface area (Å²) in [5.74, 6) is 0. The second-order valence-corrected chi connectivity index (χ2v) is 15.8. The number of hydrogen-bond donors (Lipinski definition) is 0. The molecule has 1 heterocycles. The topological polar surface area (TPSA) is 16.4 Å². The molecular formula is C54H39NO. The average molecular weight is 718 g/mol. The molecule has 3 aliphatic carbocycles. The van der Waals surface area contributed by atoms with E-state index in [1.807, 2.05) is 0 Å². The van der Waals surface area contributed by atoms with Crippen LogP contribution in [0.25, 0.3) is 44.2 Å². The SMILES string of the molecule is c1ccc(N(c2cccc3c2-c2ccccc2C32CCCC2)c2ccc3oc4ccccc4c3c2C2(c3ccccc3)c3ccccc3-c3ccccc32)cc1. The lowest BCUT2D eigenvalue weighted by atomic mass is 9.66. The van der Waals surface area contributed by atoms with Crippen LogP contribution in [0.5, 0.6) is 0 Å². The minimum absolute atomic E-state index is 0.0480. The summed E-state index contributed by atoms with van der Waals surface area (Å²) in [5, 5.41) is 2.27. The van der Waals surface area contributed by atoms with Crippen LogP contribution in [0, 0.1) is 0 Å². The maximum atomic E-state index is 6.82. The lowest BCUT2D eigenvalue weighted by molar-refractivity contribution is 0.550. The van der Waals surface area contributed by atoms with E-state index in [-0.39, 0.29) is 5.41 Å². The smallest absolute Gasteiger partial charge is 0.135 e. The molecule has 0 aliphatic heterocycles. The molecule has 1 fully saturated rings. The number of hydrogen-bond acceptors (Lipinski definition) is 2. The van der Waals surface area contributed by atoms with Crippen molar-refractivity contribution in [3.8, 4) is 22.3 Å². The summed E-state index contributed by atoms with van der Waals surface area (Å²) in [6, 6.07) is 69.9. The Balaban J connectivity index is 1.28. The van der Waals surface area contributed by atoms with E-state index in [4.69, 9.17) is 4.42 Å². The van der Waals surface area contributed by atoms with Gasteiger partial charge in [-0.15, -0.1) is 0 Å². The normalized spacial score (nSPS) is 15.5. The first kappa shape index (κ1) is 31.7. The van der Waals surface area contributed by atoms with Gasteiger partial charge in [0, 0.05) is 33.0 Å². The van der Waals surface area contributed by atoms with Crippen molar-refractivity contribution in [3.63, 3.8) is 0 Å². The zero-order chi connectivity index (χ0) is 36.8. The Morgan fingerprint density at radius 2 is 1.02 bits per heavy atom. The fraction of sp³-hybridized carbons (Fsp3) is 0.111. The molecule has 1 spiro atoms. The summed E-state index contributed by atoms with van der Waals surface area (Å²) in [7, 11) is 0. The zero-order valence-corrected chi connectivity index (χ0v) is 31.1. The minimum atomic E-state index is -0.675. The van der Waals surface area contributed by atoms with Gasteiger partial charge in [0.05, 0.1) is 16.8 Å². The molecule has 56 heavy (non-hydrogen) atoms. The van der Waals surface area contributed by atoms with Crippen LogP contribution in [0.4, 0.5) is 17.1 Å². The van der Waals surface area contributed by atoms with Crippen LogP contribution in [0.1, 0.15) is 59.1 Å². The standard InChI is InChI=1S/C54H39NO/c1-3-18-36(19-4-1)54(43-27-12-7-22-38(43)39-23-8-13-28-44(39)54)52-47(32-33-49-51(52)41-25-10-14-31-48(41)56-49)55(37-20-5-2-6-21-37)46-30-17-29-45-50(46)40-24-9-11-26-42(40)53(45)34-15-16-35-53/h1-14,17-33H,15-16,34-35H2. The molecule has 266 valence electrons. The van der Waals surface area contributed by atoms with Crippen LogP contribution in [0.3, 0.4) is 0 Å². The fourth-order valence-corrected chi connectivity index (χ4v) is 11.2. The molecule has 2 heteroatoms. The fourth-order valence-electron chi connectivity index (χ4n) is 11.2. The Morgan fingerprint density at radius 3 is 1.75 bits per heavy atom. The summed E-state index contributed by atoms with van der Waals surface area (Å²) >= 11 is 0. The molecule has 8 aromatic carbocycles. The molecule has 0 saturated heterocycles. The molecule has 2 nitrogen and oxygen atoms in total. The zero-order valence-electron chi connectivity index (χ0n) is 31.1. The first-order valence-corrected chi connectivity index (χ1v) is 20.1. The molecule has 1 saturated carbocycles. The predicted octanol–water partition coefficient (Wildman–Crippen LogP) is 14.3. The highest BCUT2D eigenvalue weighted by atomic mass is 16.3. The summed E-state index contributed by atoms with van der Waals surface area (Å²) in [5.41, 5.74) is 17.9. The van der Waals surface area contributed by atoms with E-state index < -0.39 is 5.41 Å². The molecule has 1 aromatic heterocycles. The van der Waals surface area contributed by atoms with Crippen molar-refractivity contribution in [2.45, 2.75) is 36.5 Å². The van der Waals surface area contributed by atoms with Gasteiger partial charge in [0.1, 0.15) is 11.2 Å². The molecular weight excluding hydrogens is 679 g/mol. The summed E-state index contributed by atoms with van der Waals surface area (Å²) in [6.07, 6.45) is 4.89. The molecule has 12 rings (SSSR count). The predicted molar refractivity (Wildman–Crippen MR) is 230 cm³/mol. The van der Waals surface area contributed by atoms with Gasteiger partial charge in [-0.2, -0.15) is 0 Å². The van der Waals surface area contributed by atoms with Crippen LogP contribution in [0.15, 0.2) is 192 Å². The van der Waals surface area contributed by atoms with Crippen molar-refractivity contribution in [3.05, 3.63) is 221 Å². The summed E-state index contributed by atoms with van der Waals surface area (Å²) in [4.78, 5) is 2.58. The highest BCUT2D eigenvalue weighted by Crippen LogP contribution is 2.63. The van der Waals surface area contributed by atoms with Gasteiger partial charge in [0.15, 0.2) is 0 Å². The Morgan fingerprint density at radius 1 is 0.429 bits per heavy atom. The van der Waals surface area contributed by atoms with Crippen LogP contribution >= 0.6 is 0 Å². The second kappa shape index (κ2) is 11.9. The number of benzene rings is 8. The van der Waals surface area contributed by atoms with Crippen molar-refractivity contribution >= 4 is 39.0 Å². The van der Waals surface area contributed by atoms with E-state index in [1.54, 1.807) is 0 Å². The average Bonchev–Trinajstić information content (AvgIpc) is 4.04. The van der Waals surface area contributed by atoms with Gasteiger partial charge in [-0.3, -0.25) is 0 Å². The molecule has 9 aromatic rings. The van der Waals surface area contributed by atoms with E-state index in [9.17, 15) is 0 Å². The summed E-state index contributed by atoms with van der Waals surface area (Å²) < 4.78 is 6.82. The monoisotopic (exact) mass is 717 g/mol. The Hall–Kier alpha value is -6.64. The van der Waals surface area contributed by atoms with Crippen LogP contribution in [0.2, 0.25) is 0 Å². The molecule has 0 atom stereocenters. The Kier molecular flexibility index (Phi) is 6.75. The van der Waals surface area contributed by atoms with E-state index in [0.717, 1.165) is 33.3 Å². The number of fused-ring (bicyclic) bond motifs is 11. The third-order valence-corrected chi connectivity index (χ3v) is 13.3. The van der Waals surface area contributed by atoms with Crippen molar-refractivity contribution in [1.29, 1.82) is 0 Å². The van der Waals surface area contributed by atoms with E-state index in [1.165, 1.54) is 87.0 Å². The molecule has 0 N–H and O–H groups in total. The molecule has 0 bridgehead atoms. The number of para-hydroxylation sites is 2. The largest absolute Gasteiger partial charge is 0.456 e. The molecule has 0 amide bonds. The molecule has 3 aliphatic rings. The van der Waals surface area contributed by atoms with Gasteiger partial charge < -0.3 is 9.32 Å². The van der Waals surface area contributed by atoms with Crippen LogP contribution < -0.4 is 4.90 Å². The Labute approximate surface area is 327 Å². The van der Waals surface area contributed by atoms with Gasteiger partial charge in [-0.05, 0) is 93.7 Å². The van der Waals surface area contributed by atoms with Crippen LogP contribution in [-0.2, 0) is 10.8 Å². The second-order valence-electron chi connectivity index (χ2n) is 15.8.